The van der Waals surface area contributed by atoms with E-state index >= 15 is 0 Å². The number of Topliss-reactive ketones (excluding diaryl/α,β-unsaturated/α-hetero) is 1. The first-order valence-electron chi connectivity index (χ1n) is 6.36. The molecule has 0 atom stereocenters. The Morgan fingerprint density at radius 1 is 1.25 bits per heavy atom. The normalized spacial score (nSPS) is 12.2. The molecule has 0 N–H and O–H groups in total. The highest BCUT2D eigenvalue weighted by atomic mass is 16.5. The Hall–Kier alpha value is -2.34. The average Bonchev–Trinajstić information content (AvgIpc) is 2.42. The topological polar surface area (TPSA) is 50.1 Å². The maximum Gasteiger partial charge on any atom is 0.178 e. The van der Waals surface area contributed by atoms with Crippen molar-refractivity contribution in [2.75, 3.05) is 7.11 Å². The largest absolute Gasteiger partial charge is 0.497 e. The summed E-state index contributed by atoms with van der Waals surface area (Å²) in [6.07, 6.45) is 5.11. The van der Waals surface area contributed by atoms with E-state index in [0.717, 1.165) is 11.3 Å². The SMILES string of the molecule is COc1ccc(/C=C/C=C(/C#N)C(=O)C(C)(C)C)cc1. The molecule has 0 fully saturated rings. The first-order valence-corrected chi connectivity index (χ1v) is 6.36. The maximum atomic E-state index is 12.0. The van der Waals surface area contributed by atoms with Crippen LogP contribution in [0.15, 0.2) is 42.0 Å². The van der Waals surface area contributed by atoms with Crippen LogP contribution in [0, 0.1) is 16.7 Å². The van der Waals surface area contributed by atoms with Crippen molar-refractivity contribution in [3.8, 4) is 11.8 Å². The Morgan fingerprint density at radius 2 is 1.85 bits per heavy atom. The fraction of sp³-hybridized carbons (Fsp3) is 0.294. The molecule has 0 aliphatic heterocycles. The molecule has 0 saturated heterocycles. The number of carbonyl (C=O) groups excluding carboxylic acids is 1. The van der Waals surface area contributed by atoms with Crippen LogP contribution < -0.4 is 4.74 Å². The van der Waals surface area contributed by atoms with Gasteiger partial charge < -0.3 is 4.74 Å². The molecule has 1 rings (SSSR count). The fourth-order valence-electron chi connectivity index (χ4n) is 1.54. The van der Waals surface area contributed by atoms with E-state index in [1.165, 1.54) is 0 Å². The second-order valence-electron chi connectivity index (χ2n) is 5.40. The Labute approximate surface area is 120 Å². The van der Waals surface area contributed by atoms with Crippen LogP contribution in [0.25, 0.3) is 6.08 Å². The number of allylic oxidation sites excluding steroid dienone is 3. The molecule has 20 heavy (non-hydrogen) atoms. The number of methoxy groups -OCH3 is 1. The van der Waals surface area contributed by atoms with Gasteiger partial charge in [-0.05, 0) is 23.8 Å². The van der Waals surface area contributed by atoms with E-state index in [4.69, 9.17) is 10.00 Å². The van der Waals surface area contributed by atoms with Crippen LogP contribution in [0.2, 0.25) is 0 Å². The van der Waals surface area contributed by atoms with Crippen molar-refractivity contribution in [1.29, 1.82) is 5.26 Å². The first-order chi connectivity index (χ1) is 9.38. The van der Waals surface area contributed by atoms with E-state index in [1.54, 1.807) is 40.0 Å². The van der Waals surface area contributed by atoms with Crippen LogP contribution in [0.1, 0.15) is 26.3 Å². The standard InChI is InChI=1S/C17H19NO2/c1-17(2,3)16(19)14(12-18)7-5-6-13-8-10-15(20-4)11-9-13/h5-11H,1-4H3/b6-5+,14-7-. The second kappa shape index (κ2) is 6.72. The second-order valence-corrected chi connectivity index (χ2v) is 5.40. The summed E-state index contributed by atoms with van der Waals surface area (Å²) < 4.78 is 5.07. The molecule has 3 nitrogen and oxygen atoms in total. The molecule has 0 radical (unpaired) electrons. The number of ketones is 1. The third-order valence-corrected chi connectivity index (χ3v) is 2.71. The lowest BCUT2D eigenvalue weighted by Crippen LogP contribution is -2.21. The number of carbonyl (C=O) groups is 1. The number of ether oxygens (including phenoxy) is 1. The molecular formula is C17H19NO2. The zero-order chi connectivity index (χ0) is 15.2. The van der Waals surface area contributed by atoms with Crippen LogP contribution in [0.5, 0.6) is 5.75 Å². The summed E-state index contributed by atoms with van der Waals surface area (Å²) in [6, 6.07) is 9.47. The van der Waals surface area contributed by atoms with E-state index in [1.807, 2.05) is 36.4 Å². The van der Waals surface area contributed by atoms with Gasteiger partial charge in [0.2, 0.25) is 0 Å². The van der Waals surface area contributed by atoms with Crippen molar-refractivity contribution in [2.45, 2.75) is 20.8 Å². The Kier molecular flexibility index (Phi) is 5.28. The van der Waals surface area contributed by atoms with E-state index in [9.17, 15) is 4.79 Å². The summed E-state index contributed by atoms with van der Waals surface area (Å²) in [7, 11) is 1.62. The fourth-order valence-corrected chi connectivity index (χ4v) is 1.54. The molecule has 0 aliphatic carbocycles. The summed E-state index contributed by atoms with van der Waals surface area (Å²) >= 11 is 0. The highest BCUT2D eigenvalue weighted by Gasteiger charge is 2.24. The maximum absolute atomic E-state index is 12.0. The Morgan fingerprint density at radius 3 is 2.30 bits per heavy atom. The molecule has 1 aromatic carbocycles. The van der Waals surface area contributed by atoms with Gasteiger partial charge in [-0.25, -0.2) is 0 Å². The van der Waals surface area contributed by atoms with Gasteiger partial charge >= 0.3 is 0 Å². The Bertz CT molecular complexity index is 566. The van der Waals surface area contributed by atoms with Crippen molar-refractivity contribution in [3.63, 3.8) is 0 Å². The molecule has 0 amide bonds. The van der Waals surface area contributed by atoms with Crippen molar-refractivity contribution in [2.24, 2.45) is 5.41 Å². The van der Waals surface area contributed by atoms with E-state index < -0.39 is 5.41 Å². The number of benzene rings is 1. The highest BCUT2D eigenvalue weighted by Crippen LogP contribution is 2.19. The molecular weight excluding hydrogens is 250 g/mol. The molecule has 0 spiro atoms. The molecule has 0 aromatic heterocycles. The first kappa shape index (κ1) is 15.7. The number of rotatable bonds is 4. The molecule has 104 valence electrons. The lowest BCUT2D eigenvalue weighted by atomic mass is 9.86. The van der Waals surface area contributed by atoms with Gasteiger partial charge in [-0.2, -0.15) is 5.26 Å². The lowest BCUT2D eigenvalue weighted by Gasteiger charge is -2.14. The molecule has 1 aromatic rings. The van der Waals surface area contributed by atoms with Crippen LogP contribution in [-0.2, 0) is 4.79 Å². The number of nitriles is 1. The Balaban J connectivity index is 2.85. The molecule has 0 heterocycles. The zero-order valence-electron chi connectivity index (χ0n) is 12.3. The van der Waals surface area contributed by atoms with E-state index in [0.29, 0.717) is 0 Å². The highest BCUT2D eigenvalue weighted by molar-refractivity contribution is 6.02. The van der Waals surface area contributed by atoms with Gasteiger partial charge in [0.25, 0.3) is 0 Å². The van der Waals surface area contributed by atoms with Gasteiger partial charge in [0.05, 0.1) is 12.7 Å². The van der Waals surface area contributed by atoms with E-state index in [-0.39, 0.29) is 11.4 Å². The minimum atomic E-state index is -0.546. The van der Waals surface area contributed by atoms with Crippen LogP contribution >= 0.6 is 0 Å². The molecule has 0 saturated carbocycles. The van der Waals surface area contributed by atoms with Crippen LogP contribution in [0.4, 0.5) is 0 Å². The van der Waals surface area contributed by atoms with Crippen LogP contribution in [-0.4, -0.2) is 12.9 Å². The average molecular weight is 269 g/mol. The van der Waals surface area contributed by atoms with Crippen molar-refractivity contribution in [3.05, 3.63) is 47.6 Å². The van der Waals surface area contributed by atoms with Gasteiger partial charge in [0.15, 0.2) is 5.78 Å². The summed E-state index contributed by atoms with van der Waals surface area (Å²) in [4.78, 5) is 12.0. The third-order valence-electron chi connectivity index (χ3n) is 2.71. The minimum absolute atomic E-state index is 0.153. The third kappa shape index (κ3) is 4.40. The van der Waals surface area contributed by atoms with Crippen molar-refractivity contribution < 1.29 is 9.53 Å². The van der Waals surface area contributed by atoms with Gasteiger partial charge in [-0.3, -0.25) is 4.79 Å². The van der Waals surface area contributed by atoms with Crippen molar-refractivity contribution in [1.82, 2.24) is 0 Å². The zero-order valence-corrected chi connectivity index (χ0v) is 12.3. The molecule has 0 bridgehead atoms. The van der Waals surface area contributed by atoms with Gasteiger partial charge in [-0.15, -0.1) is 0 Å². The quantitative estimate of drug-likeness (QED) is 0.475. The summed E-state index contributed by atoms with van der Waals surface area (Å²) in [6.45, 7) is 5.40. The lowest BCUT2D eigenvalue weighted by molar-refractivity contribution is -0.122. The smallest absolute Gasteiger partial charge is 0.178 e. The number of hydrogen-bond acceptors (Lipinski definition) is 3. The van der Waals surface area contributed by atoms with E-state index in [2.05, 4.69) is 0 Å². The minimum Gasteiger partial charge on any atom is -0.497 e. The monoisotopic (exact) mass is 269 g/mol. The predicted octanol–water partition coefficient (Wildman–Crippen LogP) is 3.77. The number of nitrogens with zero attached hydrogens (tertiary/aromatic N) is 1. The van der Waals surface area contributed by atoms with Gasteiger partial charge in [0, 0.05) is 5.41 Å². The predicted molar refractivity (Wildman–Crippen MR) is 80.2 cm³/mol. The summed E-state index contributed by atoms with van der Waals surface area (Å²) in [5, 5.41) is 9.04. The summed E-state index contributed by atoms with van der Waals surface area (Å²) in [5.41, 5.74) is 0.597. The number of hydrogen-bond donors (Lipinski definition) is 0. The molecule has 3 heteroatoms. The van der Waals surface area contributed by atoms with Gasteiger partial charge in [0.1, 0.15) is 11.8 Å². The van der Waals surface area contributed by atoms with Crippen molar-refractivity contribution >= 4 is 11.9 Å². The molecule has 0 aliphatic rings. The van der Waals surface area contributed by atoms with Gasteiger partial charge in [-0.1, -0.05) is 45.1 Å². The molecule has 0 unspecified atom stereocenters. The summed E-state index contributed by atoms with van der Waals surface area (Å²) in [5.74, 6) is 0.637. The van der Waals surface area contributed by atoms with Crippen LogP contribution in [0.3, 0.4) is 0 Å².